The highest BCUT2D eigenvalue weighted by Gasteiger charge is 2.18. The number of hydrogen-bond acceptors (Lipinski definition) is 4. The van der Waals surface area contributed by atoms with Gasteiger partial charge in [-0.05, 0) is 19.9 Å². The van der Waals surface area contributed by atoms with E-state index in [1.807, 2.05) is 0 Å². The molecule has 0 unspecified atom stereocenters. The van der Waals surface area contributed by atoms with Crippen molar-refractivity contribution in [1.82, 2.24) is 5.32 Å². The van der Waals surface area contributed by atoms with Gasteiger partial charge in [-0.2, -0.15) is 0 Å². The van der Waals surface area contributed by atoms with Crippen LogP contribution in [0.2, 0.25) is 0 Å². The Hall–Kier alpha value is -2.25. The molecule has 1 amide bonds. The molecular formula is C12H15F2N3O3. The molecule has 1 aromatic rings. The Bertz CT molecular complexity index is 507. The van der Waals surface area contributed by atoms with Gasteiger partial charge in [0.15, 0.2) is 0 Å². The van der Waals surface area contributed by atoms with Crippen LogP contribution in [0.1, 0.15) is 25.8 Å². The number of carbonyl (C=O) groups is 1. The number of nitrogens with zero attached hydrogens (tertiary/aromatic N) is 1. The molecule has 2 N–H and O–H groups in total. The number of carbonyl (C=O) groups excluding carboxylic acids is 1. The normalized spacial score (nSPS) is 10.7. The Morgan fingerprint density at radius 3 is 2.55 bits per heavy atom. The number of benzene rings is 1. The van der Waals surface area contributed by atoms with Gasteiger partial charge < -0.3 is 10.6 Å². The van der Waals surface area contributed by atoms with Crippen LogP contribution in [0, 0.1) is 10.1 Å². The summed E-state index contributed by atoms with van der Waals surface area (Å²) in [5.74, 6) is -0.349. The lowest BCUT2D eigenvalue weighted by molar-refractivity contribution is -0.385. The number of halogens is 2. The van der Waals surface area contributed by atoms with E-state index in [1.54, 1.807) is 13.8 Å². The summed E-state index contributed by atoms with van der Waals surface area (Å²) in [5, 5.41) is 15.7. The maximum absolute atomic E-state index is 12.8. The molecule has 0 spiro atoms. The van der Waals surface area contributed by atoms with E-state index in [0.29, 0.717) is 0 Å². The van der Waals surface area contributed by atoms with Crippen LogP contribution in [-0.4, -0.2) is 23.4 Å². The first-order valence-corrected chi connectivity index (χ1v) is 5.91. The van der Waals surface area contributed by atoms with E-state index in [-0.39, 0.29) is 24.2 Å². The van der Waals surface area contributed by atoms with Gasteiger partial charge in [-0.15, -0.1) is 0 Å². The van der Waals surface area contributed by atoms with E-state index in [1.165, 1.54) is 6.07 Å². The van der Waals surface area contributed by atoms with Gasteiger partial charge in [-0.25, -0.2) is 8.78 Å². The Labute approximate surface area is 114 Å². The lowest BCUT2D eigenvalue weighted by atomic mass is 10.1. The van der Waals surface area contributed by atoms with Gasteiger partial charge in [0.1, 0.15) is 0 Å². The monoisotopic (exact) mass is 287 g/mol. The van der Waals surface area contributed by atoms with Gasteiger partial charge in [0.25, 0.3) is 12.1 Å². The average molecular weight is 287 g/mol. The van der Waals surface area contributed by atoms with Crippen LogP contribution in [0.3, 0.4) is 0 Å². The van der Waals surface area contributed by atoms with Crippen molar-refractivity contribution in [2.75, 3.05) is 11.9 Å². The second-order valence-corrected chi connectivity index (χ2v) is 4.41. The molecule has 0 saturated heterocycles. The largest absolute Gasteiger partial charge is 0.376 e. The van der Waals surface area contributed by atoms with E-state index >= 15 is 0 Å². The minimum atomic E-state index is -2.87. The second kappa shape index (κ2) is 6.78. The third-order valence-electron chi connectivity index (χ3n) is 2.37. The molecule has 8 heteroatoms. The van der Waals surface area contributed by atoms with Crippen molar-refractivity contribution < 1.29 is 18.5 Å². The number of hydrogen-bond donors (Lipinski definition) is 2. The van der Waals surface area contributed by atoms with Gasteiger partial charge in [0.2, 0.25) is 5.91 Å². The van der Waals surface area contributed by atoms with Crippen LogP contribution in [0.25, 0.3) is 0 Å². The minimum absolute atomic E-state index is 0.00417. The van der Waals surface area contributed by atoms with Crippen LogP contribution >= 0.6 is 0 Å². The summed E-state index contributed by atoms with van der Waals surface area (Å²) in [5.41, 5.74) is -0.918. The van der Waals surface area contributed by atoms with Crippen LogP contribution in [0.4, 0.5) is 20.2 Å². The zero-order chi connectivity index (χ0) is 15.3. The molecule has 0 aliphatic carbocycles. The van der Waals surface area contributed by atoms with Gasteiger partial charge in [-0.1, -0.05) is 0 Å². The lowest BCUT2D eigenvalue weighted by Gasteiger charge is -2.13. The van der Waals surface area contributed by atoms with Crippen LogP contribution in [0.15, 0.2) is 18.2 Å². The molecule has 0 aromatic heterocycles. The van der Waals surface area contributed by atoms with Crippen LogP contribution in [-0.2, 0) is 4.79 Å². The highest BCUT2D eigenvalue weighted by atomic mass is 19.3. The Balaban J connectivity index is 2.84. The second-order valence-electron chi connectivity index (χ2n) is 4.41. The van der Waals surface area contributed by atoms with E-state index in [2.05, 4.69) is 10.6 Å². The van der Waals surface area contributed by atoms with Crippen molar-refractivity contribution in [2.24, 2.45) is 0 Å². The maximum Gasteiger partial charge on any atom is 0.270 e. The third kappa shape index (κ3) is 4.45. The molecule has 0 aliphatic heterocycles. The Morgan fingerprint density at radius 2 is 2.05 bits per heavy atom. The number of nitro groups is 1. The smallest absolute Gasteiger partial charge is 0.270 e. The predicted molar refractivity (Wildman–Crippen MR) is 69.8 cm³/mol. The highest BCUT2D eigenvalue weighted by Crippen LogP contribution is 2.30. The summed E-state index contributed by atoms with van der Waals surface area (Å²) >= 11 is 0. The van der Waals surface area contributed by atoms with Crippen molar-refractivity contribution in [3.05, 3.63) is 33.9 Å². The third-order valence-corrected chi connectivity index (χ3v) is 2.37. The molecule has 20 heavy (non-hydrogen) atoms. The zero-order valence-corrected chi connectivity index (χ0v) is 11.0. The van der Waals surface area contributed by atoms with Crippen molar-refractivity contribution in [3.8, 4) is 0 Å². The fourth-order valence-corrected chi connectivity index (χ4v) is 1.55. The summed E-state index contributed by atoms with van der Waals surface area (Å²) in [6.45, 7) is 3.36. The summed E-state index contributed by atoms with van der Waals surface area (Å²) in [6.07, 6.45) is -2.87. The van der Waals surface area contributed by atoms with Gasteiger partial charge in [-0.3, -0.25) is 14.9 Å². The number of alkyl halides is 2. The highest BCUT2D eigenvalue weighted by molar-refractivity contribution is 5.81. The summed E-state index contributed by atoms with van der Waals surface area (Å²) in [4.78, 5) is 21.2. The standard InChI is InChI=1S/C12H15F2N3O3/c1-7(2)16-11(18)6-15-10-4-3-8(17(19)20)5-9(10)12(13)14/h3-5,7,12,15H,6H2,1-2H3,(H,16,18). The van der Waals surface area contributed by atoms with Crippen molar-refractivity contribution in [2.45, 2.75) is 26.3 Å². The molecule has 0 saturated carbocycles. The molecule has 110 valence electrons. The molecule has 0 aliphatic rings. The first-order valence-electron chi connectivity index (χ1n) is 5.91. The number of non-ortho nitro benzene ring substituents is 1. The molecule has 0 fully saturated rings. The molecule has 1 aromatic carbocycles. The first-order chi connectivity index (χ1) is 9.31. The maximum atomic E-state index is 12.8. The van der Waals surface area contributed by atoms with Crippen LogP contribution < -0.4 is 10.6 Å². The fraction of sp³-hybridized carbons (Fsp3) is 0.417. The molecule has 0 atom stereocenters. The van der Waals surface area contributed by atoms with Crippen molar-refractivity contribution >= 4 is 17.3 Å². The van der Waals surface area contributed by atoms with E-state index in [4.69, 9.17) is 0 Å². The molecule has 0 radical (unpaired) electrons. The Kier molecular flexibility index (Phi) is 5.36. The van der Waals surface area contributed by atoms with Crippen molar-refractivity contribution in [1.29, 1.82) is 0 Å². The quantitative estimate of drug-likeness (QED) is 0.622. The topological polar surface area (TPSA) is 84.3 Å². The molecular weight excluding hydrogens is 272 g/mol. The average Bonchev–Trinajstić information content (AvgIpc) is 2.35. The van der Waals surface area contributed by atoms with Gasteiger partial charge >= 0.3 is 0 Å². The molecule has 1 rings (SSSR count). The van der Waals surface area contributed by atoms with Gasteiger partial charge in [0, 0.05) is 29.4 Å². The zero-order valence-electron chi connectivity index (χ0n) is 11.0. The number of rotatable bonds is 6. The summed E-state index contributed by atoms with van der Waals surface area (Å²) in [7, 11) is 0. The molecule has 0 heterocycles. The summed E-state index contributed by atoms with van der Waals surface area (Å²) in [6, 6.07) is 3.01. The number of anilines is 1. The van der Waals surface area contributed by atoms with E-state index < -0.39 is 22.6 Å². The molecule has 0 bridgehead atoms. The lowest BCUT2D eigenvalue weighted by Crippen LogP contribution is -2.34. The van der Waals surface area contributed by atoms with E-state index in [9.17, 15) is 23.7 Å². The predicted octanol–water partition coefficient (Wildman–Crippen LogP) is 2.47. The minimum Gasteiger partial charge on any atom is -0.376 e. The molecule has 6 nitrogen and oxygen atoms in total. The van der Waals surface area contributed by atoms with Crippen LogP contribution in [0.5, 0.6) is 0 Å². The van der Waals surface area contributed by atoms with E-state index in [0.717, 1.165) is 12.1 Å². The van der Waals surface area contributed by atoms with Crippen molar-refractivity contribution in [3.63, 3.8) is 0 Å². The summed E-state index contributed by atoms with van der Waals surface area (Å²) < 4.78 is 25.7. The fourth-order valence-electron chi connectivity index (χ4n) is 1.55. The SMILES string of the molecule is CC(C)NC(=O)CNc1ccc([N+](=O)[O-])cc1C(F)F. The number of nitro benzene ring substituents is 1. The van der Waals surface area contributed by atoms with Gasteiger partial charge in [0.05, 0.1) is 11.5 Å². The first kappa shape index (κ1) is 15.8. The Morgan fingerprint density at radius 1 is 1.40 bits per heavy atom. The number of nitrogens with one attached hydrogen (secondary N) is 2. The number of amides is 1.